The Balaban J connectivity index is 2.63. The third kappa shape index (κ3) is 1.31. The van der Waals surface area contributed by atoms with Crippen molar-refractivity contribution in [3.63, 3.8) is 0 Å². The Morgan fingerprint density at radius 3 is 3.00 bits per heavy atom. The molecule has 1 heterocycles. The lowest BCUT2D eigenvalue weighted by molar-refractivity contribution is 0.544. The summed E-state index contributed by atoms with van der Waals surface area (Å²) in [5, 5.41) is 0. The van der Waals surface area contributed by atoms with Crippen LogP contribution in [0.5, 0.6) is 0 Å². The standard InChI is InChI=1S/C7H12N2/c1-3-7-8-5-4-6-9(7)2/h4-5H,3,6H2,1-2H3. The highest BCUT2D eigenvalue weighted by molar-refractivity contribution is 5.83. The van der Waals surface area contributed by atoms with Crippen molar-refractivity contribution in [1.29, 1.82) is 0 Å². The first-order valence-electron chi connectivity index (χ1n) is 3.27. The summed E-state index contributed by atoms with van der Waals surface area (Å²) in [5.74, 6) is 1.18. The maximum Gasteiger partial charge on any atom is 0.104 e. The van der Waals surface area contributed by atoms with E-state index in [9.17, 15) is 0 Å². The highest BCUT2D eigenvalue weighted by Crippen LogP contribution is 1.99. The molecule has 0 saturated heterocycles. The predicted octanol–water partition coefficient (Wildman–Crippen LogP) is 1.25. The Labute approximate surface area is 55.9 Å². The lowest BCUT2D eigenvalue weighted by Gasteiger charge is -2.20. The molecule has 0 aliphatic carbocycles. The lowest BCUT2D eigenvalue weighted by Crippen LogP contribution is -2.27. The van der Waals surface area contributed by atoms with E-state index < -0.39 is 0 Å². The van der Waals surface area contributed by atoms with Crippen molar-refractivity contribution < 1.29 is 0 Å². The molecule has 0 radical (unpaired) electrons. The minimum atomic E-state index is 1.01. The van der Waals surface area contributed by atoms with E-state index in [-0.39, 0.29) is 0 Å². The Morgan fingerprint density at radius 1 is 1.78 bits per heavy atom. The lowest BCUT2D eigenvalue weighted by atomic mass is 10.3. The molecular weight excluding hydrogens is 112 g/mol. The molecule has 0 saturated carbocycles. The summed E-state index contributed by atoms with van der Waals surface area (Å²) in [4.78, 5) is 6.34. The quantitative estimate of drug-likeness (QED) is 0.513. The zero-order chi connectivity index (χ0) is 6.69. The highest BCUT2D eigenvalue weighted by Gasteiger charge is 2.02. The van der Waals surface area contributed by atoms with E-state index >= 15 is 0 Å². The van der Waals surface area contributed by atoms with E-state index in [0.717, 1.165) is 13.0 Å². The fourth-order valence-electron chi connectivity index (χ4n) is 0.909. The maximum absolute atomic E-state index is 4.19. The van der Waals surface area contributed by atoms with Gasteiger partial charge in [-0.3, -0.25) is 0 Å². The third-order valence-electron chi connectivity index (χ3n) is 1.47. The van der Waals surface area contributed by atoms with Gasteiger partial charge in [-0.15, -0.1) is 0 Å². The van der Waals surface area contributed by atoms with Crippen LogP contribution < -0.4 is 0 Å². The zero-order valence-electron chi connectivity index (χ0n) is 5.96. The van der Waals surface area contributed by atoms with Gasteiger partial charge in [0.15, 0.2) is 0 Å². The van der Waals surface area contributed by atoms with Crippen molar-refractivity contribution in [1.82, 2.24) is 4.90 Å². The van der Waals surface area contributed by atoms with Gasteiger partial charge >= 0.3 is 0 Å². The molecule has 50 valence electrons. The van der Waals surface area contributed by atoms with Gasteiger partial charge in [-0.05, 0) is 6.08 Å². The van der Waals surface area contributed by atoms with E-state index in [1.54, 1.807) is 0 Å². The van der Waals surface area contributed by atoms with Gasteiger partial charge < -0.3 is 4.90 Å². The first-order valence-corrected chi connectivity index (χ1v) is 3.27. The van der Waals surface area contributed by atoms with E-state index in [1.165, 1.54) is 5.84 Å². The molecule has 0 amide bonds. The number of likely N-dealkylation sites (N-methyl/N-ethyl adjacent to an activating group) is 1. The molecule has 0 aromatic heterocycles. The second-order valence-electron chi connectivity index (χ2n) is 2.16. The van der Waals surface area contributed by atoms with Crippen LogP contribution in [0.3, 0.4) is 0 Å². The summed E-state index contributed by atoms with van der Waals surface area (Å²) in [6, 6.07) is 0. The minimum Gasteiger partial charge on any atom is -0.359 e. The average molecular weight is 124 g/mol. The number of aliphatic imine (C=N–C) groups is 1. The van der Waals surface area contributed by atoms with Gasteiger partial charge in [-0.2, -0.15) is 0 Å². The zero-order valence-corrected chi connectivity index (χ0v) is 5.96. The van der Waals surface area contributed by atoms with Crippen LogP contribution in [0.25, 0.3) is 0 Å². The van der Waals surface area contributed by atoms with Gasteiger partial charge in [0, 0.05) is 26.2 Å². The molecule has 0 N–H and O–H groups in total. The average Bonchev–Trinajstić information content (AvgIpc) is 1.89. The molecule has 1 rings (SSSR count). The van der Waals surface area contributed by atoms with Crippen molar-refractivity contribution >= 4 is 5.84 Å². The van der Waals surface area contributed by atoms with E-state index in [2.05, 4.69) is 29.9 Å². The second kappa shape index (κ2) is 2.67. The maximum atomic E-state index is 4.19. The van der Waals surface area contributed by atoms with Gasteiger partial charge in [0.05, 0.1) is 0 Å². The molecule has 2 nitrogen and oxygen atoms in total. The molecule has 9 heavy (non-hydrogen) atoms. The summed E-state index contributed by atoms with van der Waals surface area (Å²) in [6.07, 6.45) is 4.96. The van der Waals surface area contributed by atoms with E-state index in [0.29, 0.717) is 0 Å². The van der Waals surface area contributed by atoms with Crippen LogP contribution in [0.1, 0.15) is 13.3 Å². The van der Waals surface area contributed by atoms with Crippen molar-refractivity contribution in [3.8, 4) is 0 Å². The molecule has 0 aromatic carbocycles. The summed E-state index contributed by atoms with van der Waals surface area (Å²) >= 11 is 0. The second-order valence-corrected chi connectivity index (χ2v) is 2.16. The van der Waals surface area contributed by atoms with Gasteiger partial charge in [0.2, 0.25) is 0 Å². The molecule has 0 unspecified atom stereocenters. The van der Waals surface area contributed by atoms with Gasteiger partial charge in [-0.1, -0.05) is 6.92 Å². The number of hydrogen-bond acceptors (Lipinski definition) is 2. The van der Waals surface area contributed by atoms with Crippen LogP contribution in [0, 0.1) is 0 Å². The highest BCUT2D eigenvalue weighted by atomic mass is 15.2. The summed E-state index contributed by atoms with van der Waals surface area (Å²) < 4.78 is 0. The van der Waals surface area contributed by atoms with Crippen LogP contribution in [0.15, 0.2) is 17.3 Å². The molecule has 2 heteroatoms. The summed E-state index contributed by atoms with van der Waals surface area (Å²) in [7, 11) is 2.06. The molecule has 1 aliphatic rings. The number of rotatable bonds is 1. The summed E-state index contributed by atoms with van der Waals surface area (Å²) in [5.41, 5.74) is 0. The molecule has 0 atom stereocenters. The Bertz CT molecular complexity index is 147. The largest absolute Gasteiger partial charge is 0.359 e. The van der Waals surface area contributed by atoms with E-state index in [1.807, 2.05) is 6.20 Å². The normalized spacial score (nSPS) is 18.0. The predicted molar refractivity (Wildman–Crippen MR) is 39.5 cm³/mol. The molecule has 0 spiro atoms. The van der Waals surface area contributed by atoms with Crippen LogP contribution in [0.4, 0.5) is 0 Å². The van der Waals surface area contributed by atoms with Gasteiger partial charge in [-0.25, -0.2) is 4.99 Å². The van der Waals surface area contributed by atoms with Gasteiger partial charge in [0.1, 0.15) is 5.84 Å². The van der Waals surface area contributed by atoms with Crippen LogP contribution in [-0.4, -0.2) is 24.3 Å². The Morgan fingerprint density at radius 2 is 2.56 bits per heavy atom. The minimum absolute atomic E-state index is 1.01. The molecule has 0 aromatic rings. The fourth-order valence-corrected chi connectivity index (χ4v) is 0.909. The smallest absolute Gasteiger partial charge is 0.104 e. The monoisotopic (exact) mass is 124 g/mol. The fraction of sp³-hybridized carbons (Fsp3) is 0.571. The van der Waals surface area contributed by atoms with Crippen LogP contribution >= 0.6 is 0 Å². The first-order chi connectivity index (χ1) is 4.34. The first kappa shape index (κ1) is 6.33. The number of hydrogen-bond donors (Lipinski definition) is 0. The Kier molecular flexibility index (Phi) is 1.88. The van der Waals surface area contributed by atoms with Crippen LogP contribution in [-0.2, 0) is 0 Å². The SMILES string of the molecule is CCC1=NC=CCN1C. The third-order valence-corrected chi connectivity index (χ3v) is 1.47. The van der Waals surface area contributed by atoms with Crippen molar-refractivity contribution in [2.75, 3.05) is 13.6 Å². The topological polar surface area (TPSA) is 15.6 Å². The Hall–Kier alpha value is -0.790. The van der Waals surface area contributed by atoms with Crippen LogP contribution in [0.2, 0.25) is 0 Å². The molecule has 0 bridgehead atoms. The van der Waals surface area contributed by atoms with Crippen molar-refractivity contribution in [2.45, 2.75) is 13.3 Å². The molecule has 1 aliphatic heterocycles. The van der Waals surface area contributed by atoms with E-state index in [4.69, 9.17) is 0 Å². The number of amidine groups is 1. The van der Waals surface area contributed by atoms with Crippen molar-refractivity contribution in [2.24, 2.45) is 4.99 Å². The summed E-state index contributed by atoms with van der Waals surface area (Å²) in [6.45, 7) is 3.13. The number of nitrogens with zero attached hydrogens (tertiary/aromatic N) is 2. The molecule has 0 fully saturated rings. The van der Waals surface area contributed by atoms with Gasteiger partial charge in [0.25, 0.3) is 0 Å². The van der Waals surface area contributed by atoms with Crippen molar-refractivity contribution in [3.05, 3.63) is 12.3 Å². The molecular formula is C7H12N2.